The number of piperazine rings is 1. The van der Waals surface area contributed by atoms with Crippen molar-refractivity contribution in [3.63, 3.8) is 0 Å². The number of pyridine rings is 1. The van der Waals surface area contributed by atoms with E-state index in [0.717, 1.165) is 18.8 Å². The van der Waals surface area contributed by atoms with Crippen molar-refractivity contribution >= 4 is 28.9 Å². The van der Waals surface area contributed by atoms with Crippen LogP contribution < -0.4 is 21.3 Å². The van der Waals surface area contributed by atoms with Gasteiger partial charge in [-0.25, -0.2) is 0 Å². The Labute approximate surface area is 186 Å². The van der Waals surface area contributed by atoms with E-state index in [1.54, 1.807) is 12.4 Å². The molecule has 2 fully saturated rings. The molecular formula is C19H31ClN8O3. The number of nitrogens with one attached hydrogen (secondary N) is 2. The van der Waals surface area contributed by atoms with Gasteiger partial charge in [-0.1, -0.05) is 5.18 Å². The van der Waals surface area contributed by atoms with Gasteiger partial charge in [-0.2, -0.15) is 0 Å². The first-order chi connectivity index (χ1) is 14.8. The van der Waals surface area contributed by atoms with Crippen LogP contribution in [-0.2, 0) is 4.79 Å². The van der Waals surface area contributed by atoms with Gasteiger partial charge >= 0.3 is 0 Å². The fraction of sp³-hybridized carbons (Fsp3) is 0.684. The molecule has 11 nitrogen and oxygen atoms in total. The number of carbonyl (C=O) groups excluding carboxylic acids is 1. The minimum atomic E-state index is -1.23. The number of aliphatic hydroxyl groups is 1. The number of nitrogens with zero attached hydrogens (tertiary/aromatic N) is 5. The summed E-state index contributed by atoms with van der Waals surface area (Å²) in [4.78, 5) is 34.7. The lowest BCUT2D eigenvalue weighted by Gasteiger charge is -2.41. The first-order valence-electron chi connectivity index (χ1n) is 10.3. The summed E-state index contributed by atoms with van der Waals surface area (Å²) in [6.07, 6.45) is 1.52. The molecule has 172 valence electrons. The lowest BCUT2D eigenvalue weighted by atomic mass is 9.98. The highest BCUT2D eigenvalue weighted by atomic mass is 35.5. The summed E-state index contributed by atoms with van der Waals surface area (Å²) in [5.74, 6) is -1.34. The molecule has 3 rings (SSSR count). The van der Waals surface area contributed by atoms with Crippen molar-refractivity contribution in [1.82, 2.24) is 20.1 Å². The molecule has 2 aliphatic rings. The summed E-state index contributed by atoms with van der Waals surface area (Å²) in [7, 11) is 3.80. The van der Waals surface area contributed by atoms with E-state index in [0.29, 0.717) is 25.3 Å². The fourth-order valence-corrected chi connectivity index (χ4v) is 4.49. The number of rotatable bonds is 7. The quantitative estimate of drug-likeness (QED) is 0.310. The largest absolute Gasteiger partial charge is 0.395 e. The van der Waals surface area contributed by atoms with Crippen LogP contribution in [-0.4, -0.2) is 103 Å². The number of nitroso groups, excluding NO2 is 1. The normalized spacial score (nSPS) is 27.5. The average Bonchev–Trinajstić information content (AvgIpc) is 2.76. The maximum Gasteiger partial charge on any atom is 0.234 e. The monoisotopic (exact) mass is 454 g/mol. The molecule has 31 heavy (non-hydrogen) atoms. The van der Waals surface area contributed by atoms with E-state index in [2.05, 4.69) is 30.6 Å². The van der Waals surface area contributed by atoms with E-state index in [4.69, 9.17) is 17.3 Å². The average molecular weight is 455 g/mol. The molecular weight excluding hydrogens is 424 g/mol. The molecule has 0 saturated carbocycles. The Morgan fingerprint density at radius 2 is 2.19 bits per heavy atom. The smallest absolute Gasteiger partial charge is 0.234 e. The number of amides is 1. The van der Waals surface area contributed by atoms with E-state index in [1.165, 1.54) is 0 Å². The number of hydrogen-bond donors (Lipinski definition) is 4. The maximum atomic E-state index is 13.3. The second-order valence-corrected chi connectivity index (χ2v) is 8.77. The number of hydrogen-bond acceptors (Lipinski definition) is 10. The molecule has 0 spiro atoms. The molecule has 1 aromatic rings. The van der Waals surface area contributed by atoms with Crippen molar-refractivity contribution in [3.05, 3.63) is 23.4 Å². The minimum Gasteiger partial charge on any atom is -0.395 e. The van der Waals surface area contributed by atoms with Crippen LogP contribution in [0.3, 0.4) is 0 Å². The second kappa shape index (κ2) is 10.6. The lowest BCUT2D eigenvalue weighted by Crippen LogP contribution is -2.62. The summed E-state index contributed by atoms with van der Waals surface area (Å²) < 4.78 is 0. The van der Waals surface area contributed by atoms with Gasteiger partial charge < -0.3 is 21.1 Å². The number of anilines is 2. The molecule has 3 heterocycles. The van der Waals surface area contributed by atoms with E-state index in [1.807, 2.05) is 25.1 Å². The number of likely N-dealkylation sites (N-methyl/N-ethyl adjacent to an activating group) is 1. The third-order valence-corrected chi connectivity index (χ3v) is 6.32. The minimum absolute atomic E-state index is 0.00510. The standard InChI is InChI=1S/C19H31ClN8O3/c1-26-5-6-28(10-13(26)11-29)15-3-4-22-8-14(15)24-19(30)16(17(21)25-31)18-23-7-12(20)9-27(18)2/h3-4,8,12-13,16-18,23,29H,5-7,9-11,21H2,1-2H3,(H,24,30). The summed E-state index contributed by atoms with van der Waals surface area (Å²) in [5.41, 5.74) is 7.25. The van der Waals surface area contributed by atoms with Gasteiger partial charge in [0, 0.05) is 38.9 Å². The first kappa shape index (κ1) is 23.8. The maximum absolute atomic E-state index is 13.3. The number of carbonyl (C=O) groups is 1. The van der Waals surface area contributed by atoms with Crippen LogP contribution in [0.2, 0.25) is 0 Å². The molecule has 5 unspecified atom stereocenters. The van der Waals surface area contributed by atoms with Gasteiger partial charge in [0.2, 0.25) is 5.91 Å². The third-order valence-electron chi connectivity index (χ3n) is 6.03. The number of aliphatic hydroxyl groups excluding tert-OH is 1. The van der Waals surface area contributed by atoms with E-state index in [9.17, 15) is 14.8 Å². The van der Waals surface area contributed by atoms with Crippen LogP contribution in [0.4, 0.5) is 11.4 Å². The highest BCUT2D eigenvalue weighted by Gasteiger charge is 2.40. The summed E-state index contributed by atoms with van der Waals surface area (Å²) in [6.45, 7) is 3.22. The van der Waals surface area contributed by atoms with Crippen LogP contribution >= 0.6 is 11.6 Å². The van der Waals surface area contributed by atoms with Gasteiger partial charge in [-0.15, -0.1) is 16.5 Å². The molecule has 5 N–H and O–H groups in total. The van der Waals surface area contributed by atoms with Crippen molar-refractivity contribution in [3.8, 4) is 0 Å². The second-order valence-electron chi connectivity index (χ2n) is 8.16. The van der Waals surface area contributed by atoms with Crippen molar-refractivity contribution in [2.45, 2.75) is 23.8 Å². The first-order valence-corrected chi connectivity index (χ1v) is 10.8. The van der Waals surface area contributed by atoms with Crippen LogP contribution in [0.15, 0.2) is 23.6 Å². The Morgan fingerprint density at radius 1 is 1.42 bits per heavy atom. The van der Waals surface area contributed by atoms with E-state index >= 15 is 0 Å². The topological polar surface area (TPSA) is 139 Å². The number of nitrogens with two attached hydrogens (primary N) is 1. The SMILES string of the molecule is CN1CCN(c2ccncc2NC(=O)C(C(N)N=O)C2NCC(Cl)CN2C)CC1CO. The van der Waals surface area contributed by atoms with Gasteiger partial charge in [-0.05, 0) is 20.2 Å². The number of alkyl halides is 1. The summed E-state index contributed by atoms with van der Waals surface area (Å²) in [6, 6.07) is 1.82. The highest BCUT2D eigenvalue weighted by molar-refractivity contribution is 6.21. The zero-order valence-corrected chi connectivity index (χ0v) is 18.6. The molecule has 1 aromatic heterocycles. The molecule has 12 heteroatoms. The number of halogens is 1. The van der Waals surface area contributed by atoms with Crippen molar-refractivity contribution in [1.29, 1.82) is 0 Å². The van der Waals surface area contributed by atoms with Crippen molar-refractivity contribution < 1.29 is 9.90 Å². The summed E-state index contributed by atoms with van der Waals surface area (Å²) >= 11 is 6.19. The molecule has 0 aliphatic carbocycles. The third kappa shape index (κ3) is 5.48. The molecule has 0 radical (unpaired) electrons. The Balaban J connectivity index is 1.80. The molecule has 2 aliphatic heterocycles. The fourth-order valence-electron chi connectivity index (χ4n) is 4.18. The van der Waals surface area contributed by atoms with Gasteiger partial charge in [0.25, 0.3) is 0 Å². The van der Waals surface area contributed by atoms with E-state index < -0.39 is 24.2 Å². The van der Waals surface area contributed by atoms with Gasteiger partial charge in [-0.3, -0.25) is 24.9 Å². The van der Waals surface area contributed by atoms with Crippen LogP contribution in [0.5, 0.6) is 0 Å². The number of aromatic nitrogens is 1. The molecule has 5 atom stereocenters. The predicted octanol–water partition coefficient (Wildman–Crippen LogP) is -0.731. The van der Waals surface area contributed by atoms with Crippen molar-refractivity contribution in [2.24, 2.45) is 16.8 Å². The predicted molar refractivity (Wildman–Crippen MR) is 120 cm³/mol. The highest BCUT2D eigenvalue weighted by Crippen LogP contribution is 2.28. The Kier molecular flexibility index (Phi) is 8.14. The lowest BCUT2D eigenvalue weighted by molar-refractivity contribution is -0.123. The van der Waals surface area contributed by atoms with E-state index in [-0.39, 0.29) is 18.0 Å². The Morgan fingerprint density at radius 3 is 2.87 bits per heavy atom. The van der Waals surface area contributed by atoms with Gasteiger partial charge in [0.05, 0.1) is 41.8 Å². The molecule has 1 amide bonds. The van der Waals surface area contributed by atoms with Gasteiger partial charge in [0.15, 0.2) is 6.17 Å². The van der Waals surface area contributed by atoms with Crippen LogP contribution in [0.25, 0.3) is 0 Å². The Bertz CT molecular complexity index is 771. The Hall–Kier alpha value is -1.89. The zero-order valence-electron chi connectivity index (χ0n) is 17.8. The summed E-state index contributed by atoms with van der Waals surface area (Å²) in [5, 5.41) is 18.6. The molecule has 0 bridgehead atoms. The van der Waals surface area contributed by atoms with Crippen LogP contribution in [0, 0.1) is 10.8 Å². The zero-order chi connectivity index (χ0) is 22.5. The van der Waals surface area contributed by atoms with Crippen molar-refractivity contribution in [2.75, 3.05) is 63.6 Å². The molecule has 0 aromatic carbocycles. The van der Waals surface area contributed by atoms with Gasteiger partial charge in [0.1, 0.15) is 5.92 Å². The molecule has 2 saturated heterocycles. The van der Waals surface area contributed by atoms with Crippen LogP contribution in [0.1, 0.15) is 0 Å².